The van der Waals surface area contributed by atoms with Gasteiger partial charge in [-0.15, -0.1) is 12.4 Å². The summed E-state index contributed by atoms with van der Waals surface area (Å²) in [5.41, 5.74) is 1.06. The Balaban J connectivity index is 0.00000242. The van der Waals surface area contributed by atoms with E-state index in [0.29, 0.717) is 6.42 Å². The SMILES string of the molecule is CC(Cc1cccc(F)c1)C(=O)NCC1(C)CCNCC1.Cl. The number of piperidine rings is 1. The van der Waals surface area contributed by atoms with Gasteiger partial charge in [0.2, 0.25) is 5.91 Å². The third-order valence-corrected chi connectivity index (χ3v) is 4.38. The largest absolute Gasteiger partial charge is 0.355 e. The van der Waals surface area contributed by atoms with Crippen molar-refractivity contribution in [3.63, 3.8) is 0 Å². The van der Waals surface area contributed by atoms with Crippen molar-refractivity contribution >= 4 is 18.3 Å². The summed E-state index contributed by atoms with van der Waals surface area (Å²) in [4.78, 5) is 12.2. The monoisotopic (exact) mass is 328 g/mol. The van der Waals surface area contributed by atoms with Crippen LogP contribution in [0.1, 0.15) is 32.3 Å². The molecule has 0 bridgehead atoms. The number of carbonyl (C=O) groups is 1. The average molecular weight is 329 g/mol. The molecule has 1 unspecified atom stereocenters. The van der Waals surface area contributed by atoms with E-state index in [9.17, 15) is 9.18 Å². The molecule has 2 N–H and O–H groups in total. The quantitative estimate of drug-likeness (QED) is 0.872. The Bertz CT molecular complexity index is 489. The van der Waals surface area contributed by atoms with E-state index in [1.807, 2.05) is 13.0 Å². The molecule has 0 aromatic heterocycles. The standard InChI is InChI=1S/C17H25FN2O.ClH/c1-13(10-14-4-3-5-15(18)11-14)16(21)20-12-17(2)6-8-19-9-7-17;/h3-5,11,13,19H,6-10,12H2,1-2H3,(H,20,21);1H. The molecule has 124 valence electrons. The predicted molar refractivity (Wildman–Crippen MR) is 89.7 cm³/mol. The number of hydrogen-bond donors (Lipinski definition) is 2. The van der Waals surface area contributed by atoms with Crippen molar-refractivity contribution in [3.8, 4) is 0 Å². The summed E-state index contributed by atoms with van der Waals surface area (Å²) in [7, 11) is 0. The molecular formula is C17H26ClFN2O. The molecule has 1 aliphatic heterocycles. The van der Waals surface area contributed by atoms with Gasteiger partial charge in [0.05, 0.1) is 0 Å². The van der Waals surface area contributed by atoms with Crippen LogP contribution in [0.3, 0.4) is 0 Å². The molecule has 1 atom stereocenters. The lowest BCUT2D eigenvalue weighted by Crippen LogP contribution is -2.44. The molecule has 3 nitrogen and oxygen atoms in total. The highest BCUT2D eigenvalue weighted by molar-refractivity contribution is 5.85. The first-order chi connectivity index (χ1) is 9.98. The Labute approximate surface area is 138 Å². The van der Waals surface area contributed by atoms with Crippen molar-refractivity contribution in [2.75, 3.05) is 19.6 Å². The maximum absolute atomic E-state index is 13.2. The van der Waals surface area contributed by atoms with Crippen LogP contribution in [0.15, 0.2) is 24.3 Å². The van der Waals surface area contributed by atoms with Crippen LogP contribution in [0.4, 0.5) is 4.39 Å². The molecule has 22 heavy (non-hydrogen) atoms. The molecule has 2 rings (SSSR count). The Morgan fingerprint density at radius 3 is 2.73 bits per heavy atom. The molecule has 1 heterocycles. The third-order valence-electron chi connectivity index (χ3n) is 4.38. The minimum Gasteiger partial charge on any atom is -0.355 e. The third kappa shape index (κ3) is 5.58. The minimum absolute atomic E-state index is 0. The Hall–Kier alpha value is -1.13. The lowest BCUT2D eigenvalue weighted by Gasteiger charge is -2.34. The Kier molecular flexibility index (Phi) is 7.30. The Morgan fingerprint density at radius 2 is 2.09 bits per heavy atom. The van der Waals surface area contributed by atoms with Gasteiger partial charge < -0.3 is 10.6 Å². The van der Waals surface area contributed by atoms with Gasteiger partial charge in [0.15, 0.2) is 0 Å². The van der Waals surface area contributed by atoms with E-state index in [1.54, 1.807) is 6.07 Å². The van der Waals surface area contributed by atoms with Crippen molar-refractivity contribution in [1.82, 2.24) is 10.6 Å². The van der Waals surface area contributed by atoms with Crippen LogP contribution in [0.5, 0.6) is 0 Å². The minimum atomic E-state index is -0.248. The van der Waals surface area contributed by atoms with Gasteiger partial charge >= 0.3 is 0 Å². The molecule has 5 heteroatoms. The molecular weight excluding hydrogens is 303 g/mol. The van der Waals surface area contributed by atoms with E-state index in [4.69, 9.17) is 0 Å². The molecule has 0 aliphatic carbocycles. The van der Waals surface area contributed by atoms with Gasteiger partial charge in [-0.2, -0.15) is 0 Å². The summed E-state index contributed by atoms with van der Waals surface area (Å²) >= 11 is 0. The van der Waals surface area contributed by atoms with E-state index in [1.165, 1.54) is 12.1 Å². The van der Waals surface area contributed by atoms with E-state index >= 15 is 0 Å². The van der Waals surface area contributed by atoms with E-state index in [0.717, 1.165) is 38.0 Å². The topological polar surface area (TPSA) is 41.1 Å². The fraction of sp³-hybridized carbons (Fsp3) is 0.588. The molecule has 1 amide bonds. The van der Waals surface area contributed by atoms with Gasteiger partial charge in [0, 0.05) is 12.5 Å². The van der Waals surface area contributed by atoms with Gasteiger partial charge in [-0.25, -0.2) is 4.39 Å². The van der Waals surface area contributed by atoms with E-state index in [-0.39, 0.29) is 35.5 Å². The summed E-state index contributed by atoms with van der Waals surface area (Å²) in [6.07, 6.45) is 2.75. The smallest absolute Gasteiger partial charge is 0.223 e. The van der Waals surface area contributed by atoms with E-state index in [2.05, 4.69) is 17.6 Å². The molecule has 1 saturated heterocycles. The summed E-state index contributed by atoms with van der Waals surface area (Å²) in [6.45, 7) is 6.88. The maximum Gasteiger partial charge on any atom is 0.223 e. The van der Waals surface area contributed by atoms with Gasteiger partial charge in [-0.1, -0.05) is 26.0 Å². The van der Waals surface area contributed by atoms with Crippen LogP contribution in [0.25, 0.3) is 0 Å². The second-order valence-corrected chi connectivity index (χ2v) is 6.51. The number of hydrogen-bond acceptors (Lipinski definition) is 2. The second kappa shape index (κ2) is 8.49. The number of nitrogens with one attached hydrogen (secondary N) is 2. The highest BCUT2D eigenvalue weighted by Gasteiger charge is 2.27. The van der Waals surface area contributed by atoms with E-state index < -0.39 is 0 Å². The zero-order valence-corrected chi connectivity index (χ0v) is 14.1. The lowest BCUT2D eigenvalue weighted by molar-refractivity contribution is -0.125. The fourth-order valence-corrected chi connectivity index (χ4v) is 2.79. The van der Waals surface area contributed by atoms with Crippen LogP contribution >= 0.6 is 12.4 Å². The highest BCUT2D eigenvalue weighted by atomic mass is 35.5. The molecule has 1 aromatic rings. The summed E-state index contributed by atoms with van der Waals surface area (Å²) in [6, 6.07) is 6.47. The van der Waals surface area contributed by atoms with Gasteiger partial charge in [-0.05, 0) is 55.5 Å². The summed E-state index contributed by atoms with van der Waals surface area (Å²) in [5.74, 6) is -0.335. The fourth-order valence-electron chi connectivity index (χ4n) is 2.79. The molecule has 0 radical (unpaired) electrons. The first-order valence-electron chi connectivity index (χ1n) is 7.71. The maximum atomic E-state index is 13.2. The first kappa shape index (κ1) is 18.9. The molecule has 0 saturated carbocycles. The van der Waals surface area contributed by atoms with Crippen molar-refractivity contribution in [2.45, 2.75) is 33.1 Å². The van der Waals surface area contributed by atoms with Crippen molar-refractivity contribution in [3.05, 3.63) is 35.6 Å². The normalized spacial score (nSPS) is 18.1. The van der Waals surface area contributed by atoms with Crippen LogP contribution in [-0.2, 0) is 11.2 Å². The van der Waals surface area contributed by atoms with Gasteiger partial charge in [0.1, 0.15) is 5.82 Å². The van der Waals surface area contributed by atoms with Crippen molar-refractivity contribution < 1.29 is 9.18 Å². The zero-order valence-electron chi connectivity index (χ0n) is 13.3. The number of benzene rings is 1. The molecule has 1 aliphatic rings. The van der Waals surface area contributed by atoms with Crippen LogP contribution in [0, 0.1) is 17.2 Å². The molecule has 1 aromatic carbocycles. The summed E-state index contributed by atoms with van der Waals surface area (Å²) < 4.78 is 13.2. The number of halogens is 2. The molecule has 1 fully saturated rings. The lowest BCUT2D eigenvalue weighted by atomic mass is 9.81. The average Bonchev–Trinajstić information content (AvgIpc) is 2.45. The molecule has 0 spiro atoms. The van der Waals surface area contributed by atoms with Crippen LogP contribution in [-0.4, -0.2) is 25.5 Å². The Morgan fingerprint density at radius 1 is 1.41 bits per heavy atom. The number of rotatable bonds is 5. The second-order valence-electron chi connectivity index (χ2n) is 6.51. The highest BCUT2D eigenvalue weighted by Crippen LogP contribution is 2.26. The number of amides is 1. The predicted octanol–water partition coefficient (Wildman–Crippen LogP) is 2.93. The first-order valence-corrected chi connectivity index (χ1v) is 7.71. The van der Waals surface area contributed by atoms with Crippen molar-refractivity contribution in [1.29, 1.82) is 0 Å². The van der Waals surface area contributed by atoms with Crippen LogP contribution in [0.2, 0.25) is 0 Å². The van der Waals surface area contributed by atoms with Gasteiger partial charge in [-0.3, -0.25) is 4.79 Å². The van der Waals surface area contributed by atoms with Crippen LogP contribution < -0.4 is 10.6 Å². The van der Waals surface area contributed by atoms with Gasteiger partial charge in [0.25, 0.3) is 0 Å². The summed E-state index contributed by atoms with van der Waals surface area (Å²) in [5, 5.41) is 6.41. The number of carbonyl (C=O) groups excluding carboxylic acids is 1. The van der Waals surface area contributed by atoms with Crippen molar-refractivity contribution in [2.24, 2.45) is 11.3 Å². The zero-order chi connectivity index (χ0) is 15.3.